The first-order valence-electron chi connectivity index (χ1n) is 8.87. The van der Waals surface area contributed by atoms with Crippen LogP contribution in [-0.2, 0) is 11.0 Å². The van der Waals surface area contributed by atoms with Crippen LogP contribution < -0.4 is 15.5 Å². The second-order valence-electron chi connectivity index (χ2n) is 6.87. The summed E-state index contributed by atoms with van der Waals surface area (Å²) in [6.07, 6.45) is -3.23. The normalized spacial score (nSPS) is 17.0. The maximum atomic E-state index is 12.7. The molecule has 1 atom stereocenters. The van der Waals surface area contributed by atoms with Gasteiger partial charge in [-0.2, -0.15) is 13.2 Å². The number of benzene rings is 2. The molecule has 0 spiro atoms. The molecule has 0 bridgehead atoms. The number of nitrogens with one attached hydrogen (secondary N) is 2. The highest BCUT2D eigenvalue weighted by atomic mass is 19.4. The Morgan fingerprint density at radius 1 is 1.15 bits per heavy atom. The molecule has 0 saturated carbocycles. The fraction of sp³-hybridized carbons (Fsp3) is 0.350. The molecule has 1 saturated heterocycles. The number of carbonyl (C=O) groups excluding carboxylic acids is 1. The number of halogens is 3. The molecule has 1 fully saturated rings. The van der Waals surface area contributed by atoms with Crippen LogP contribution in [-0.4, -0.2) is 25.5 Å². The molecule has 0 radical (unpaired) electrons. The SMILES string of the molecule is CC1CCN(c2ccc(NC(=O)CNc3cccc(C(F)(F)F)c3)cc2)C1. The molecule has 0 aliphatic carbocycles. The molecule has 27 heavy (non-hydrogen) atoms. The van der Waals surface area contributed by atoms with Crippen molar-refractivity contribution in [3.05, 3.63) is 54.1 Å². The second kappa shape index (κ2) is 7.90. The van der Waals surface area contributed by atoms with E-state index in [-0.39, 0.29) is 18.1 Å². The maximum absolute atomic E-state index is 12.7. The van der Waals surface area contributed by atoms with Crippen LogP contribution in [0.5, 0.6) is 0 Å². The minimum Gasteiger partial charge on any atom is -0.376 e. The van der Waals surface area contributed by atoms with Crippen LogP contribution in [0.1, 0.15) is 18.9 Å². The number of anilines is 3. The molecule has 3 rings (SSSR count). The Labute approximate surface area is 156 Å². The molecule has 144 valence electrons. The van der Waals surface area contributed by atoms with Gasteiger partial charge >= 0.3 is 6.18 Å². The van der Waals surface area contributed by atoms with Crippen molar-refractivity contribution >= 4 is 23.0 Å². The van der Waals surface area contributed by atoms with Gasteiger partial charge in [0.05, 0.1) is 12.1 Å². The van der Waals surface area contributed by atoms with Crippen molar-refractivity contribution in [1.29, 1.82) is 0 Å². The van der Waals surface area contributed by atoms with E-state index in [9.17, 15) is 18.0 Å². The number of nitrogens with zero attached hydrogens (tertiary/aromatic N) is 1. The Balaban J connectivity index is 1.52. The third-order valence-electron chi connectivity index (χ3n) is 4.58. The van der Waals surface area contributed by atoms with Gasteiger partial charge in [-0.1, -0.05) is 13.0 Å². The molecule has 2 N–H and O–H groups in total. The first kappa shape index (κ1) is 19.1. The van der Waals surface area contributed by atoms with Gasteiger partial charge in [-0.3, -0.25) is 4.79 Å². The predicted molar refractivity (Wildman–Crippen MR) is 101 cm³/mol. The summed E-state index contributed by atoms with van der Waals surface area (Å²) in [5.41, 5.74) is 1.28. The van der Waals surface area contributed by atoms with Gasteiger partial charge in [0, 0.05) is 30.2 Å². The minimum atomic E-state index is -4.41. The molecular formula is C20H22F3N3O. The van der Waals surface area contributed by atoms with Gasteiger partial charge in [-0.15, -0.1) is 0 Å². The highest BCUT2D eigenvalue weighted by Gasteiger charge is 2.30. The van der Waals surface area contributed by atoms with Crippen molar-refractivity contribution in [2.24, 2.45) is 5.92 Å². The van der Waals surface area contributed by atoms with Crippen LogP contribution in [0.3, 0.4) is 0 Å². The lowest BCUT2D eigenvalue weighted by molar-refractivity contribution is -0.137. The Kier molecular flexibility index (Phi) is 5.58. The molecule has 1 aliphatic heterocycles. The molecule has 1 heterocycles. The quantitative estimate of drug-likeness (QED) is 0.800. The van der Waals surface area contributed by atoms with E-state index in [4.69, 9.17) is 0 Å². The fourth-order valence-electron chi connectivity index (χ4n) is 3.12. The van der Waals surface area contributed by atoms with Gasteiger partial charge in [0.2, 0.25) is 5.91 Å². The highest BCUT2D eigenvalue weighted by Crippen LogP contribution is 2.30. The molecule has 0 aromatic heterocycles. The number of hydrogen-bond donors (Lipinski definition) is 2. The zero-order valence-electron chi connectivity index (χ0n) is 15.0. The predicted octanol–water partition coefficient (Wildman–Crippen LogP) is 4.60. The summed E-state index contributed by atoms with van der Waals surface area (Å²) >= 11 is 0. The van der Waals surface area contributed by atoms with Crippen molar-refractivity contribution in [1.82, 2.24) is 0 Å². The van der Waals surface area contributed by atoms with Crippen molar-refractivity contribution in [2.45, 2.75) is 19.5 Å². The van der Waals surface area contributed by atoms with Gasteiger partial charge in [-0.25, -0.2) is 0 Å². The Bertz CT molecular complexity index is 790. The van der Waals surface area contributed by atoms with E-state index in [1.165, 1.54) is 18.6 Å². The lowest BCUT2D eigenvalue weighted by Crippen LogP contribution is -2.22. The number of hydrogen-bond acceptors (Lipinski definition) is 3. The summed E-state index contributed by atoms with van der Waals surface area (Å²) in [6.45, 7) is 4.18. The summed E-state index contributed by atoms with van der Waals surface area (Å²) in [6, 6.07) is 12.4. The first-order chi connectivity index (χ1) is 12.8. The second-order valence-corrected chi connectivity index (χ2v) is 6.87. The zero-order valence-corrected chi connectivity index (χ0v) is 15.0. The lowest BCUT2D eigenvalue weighted by atomic mass is 10.2. The largest absolute Gasteiger partial charge is 0.416 e. The van der Waals surface area contributed by atoms with E-state index in [1.807, 2.05) is 24.3 Å². The zero-order chi connectivity index (χ0) is 19.4. The van der Waals surface area contributed by atoms with Crippen molar-refractivity contribution in [3.8, 4) is 0 Å². The molecule has 1 aliphatic rings. The van der Waals surface area contributed by atoms with Gasteiger partial charge in [0.1, 0.15) is 0 Å². The Hall–Kier alpha value is -2.70. The van der Waals surface area contributed by atoms with E-state index >= 15 is 0 Å². The number of rotatable bonds is 5. The van der Waals surface area contributed by atoms with Crippen LogP contribution in [0.25, 0.3) is 0 Å². The molecular weight excluding hydrogens is 355 g/mol. The van der Waals surface area contributed by atoms with Crippen molar-refractivity contribution in [2.75, 3.05) is 35.2 Å². The van der Waals surface area contributed by atoms with Crippen LogP contribution in [0.15, 0.2) is 48.5 Å². The van der Waals surface area contributed by atoms with Crippen molar-refractivity contribution < 1.29 is 18.0 Å². The molecule has 1 unspecified atom stereocenters. The summed E-state index contributed by atoms with van der Waals surface area (Å²) in [7, 11) is 0. The van der Waals surface area contributed by atoms with Crippen LogP contribution in [0.2, 0.25) is 0 Å². The average Bonchev–Trinajstić information content (AvgIpc) is 3.07. The van der Waals surface area contributed by atoms with E-state index in [0.29, 0.717) is 11.6 Å². The smallest absolute Gasteiger partial charge is 0.376 e. The average molecular weight is 377 g/mol. The van der Waals surface area contributed by atoms with Crippen LogP contribution in [0.4, 0.5) is 30.2 Å². The third-order valence-corrected chi connectivity index (χ3v) is 4.58. The summed E-state index contributed by atoms with van der Waals surface area (Å²) in [5.74, 6) is 0.362. The molecule has 1 amide bonds. The summed E-state index contributed by atoms with van der Waals surface area (Å²) in [4.78, 5) is 14.4. The van der Waals surface area contributed by atoms with Gasteiger partial charge < -0.3 is 15.5 Å². The van der Waals surface area contributed by atoms with Crippen molar-refractivity contribution in [3.63, 3.8) is 0 Å². The molecule has 7 heteroatoms. The molecule has 4 nitrogen and oxygen atoms in total. The number of amides is 1. The monoisotopic (exact) mass is 377 g/mol. The number of alkyl halides is 3. The van der Waals surface area contributed by atoms with E-state index in [0.717, 1.165) is 30.9 Å². The van der Waals surface area contributed by atoms with Gasteiger partial charge in [0.15, 0.2) is 0 Å². The van der Waals surface area contributed by atoms with Gasteiger partial charge in [-0.05, 0) is 54.8 Å². The third kappa shape index (κ3) is 5.15. The summed E-state index contributed by atoms with van der Waals surface area (Å²) < 4.78 is 38.1. The Morgan fingerprint density at radius 3 is 2.52 bits per heavy atom. The molecule has 2 aromatic carbocycles. The van der Waals surface area contributed by atoms with Crippen LogP contribution in [0, 0.1) is 5.92 Å². The maximum Gasteiger partial charge on any atom is 0.416 e. The highest BCUT2D eigenvalue weighted by molar-refractivity contribution is 5.93. The van der Waals surface area contributed by atoms with Gasteiger partial charge in [0.25, 0.3) is 0 Å². The number of carbonyl (C=O) groups is 1. The van der Waals surface area contributed by atoms with Crippen LogP contribution >= 0.6 is 0 Å². The fourth-order valence-corrected chi connectivity index (χ4v) is 3.12. The Morgan fingerprint density at radius 2 is 1.89 bits per heavy atom. The lowest BCUT2D eigenvalue weighted by Gasteiger charge is -2.18. The summed E-state index contributed by atoms with van der Waals surface area (Å²) in [5, 5.41) is 5.46. The van der Waals surface area contributed by atoms with E-state index in [1.54, 1.807) is 0 Å². The topological polar surface area (TPSA) is 44.4 Å². The minimum absolute atomic E-state index is 0.118. The molecule has 2 aromatic rings. The first-order valence-corrected chi connectivity index (χ1v) is 8.87. The van der Waals surface area contributed by atoms with E-state index < -0.39 is 11.7 Å². The van der Waals surface area contributed by atoms with E-state index in [2.05, 4.69) is 22.5 Å². The standard InChI is InChI=1S/C20H22F3N3O/c1-14-9-10-26(13-14)18-7-5-16(6-8-18)25-19(27)12-24-17-4-2-3-15(11-17)20(21,22)23/h2-8,11,14,24H,9-10,12-13H2,1H3,(H,25,27).